The molecule has 5 heteroatoms. The van der Waals surface area contributed by atoms with E-state index in [0.717, 1.165) is 23.4 Å². The molecule has 1 heterocycles. The van der Waals surface area contributed by atoms with Crippen molar-refractivity contribution in [3.63, 3.8) is 0 Å². The minimum Gasteiger partial charge on any atom is -0.353 e. The zero-order chi connectivity index (χ0) is 18.4. The Morgan fingerprint density at radius 3 is 2.27 bits per heavy atom. The predicted octanol–water partition coefficient (Wildman–Crippen LogP) is 6.06. The highest BCUT2D eigenvalue weighted by Gasteiger charge is 2.50. The lowest BCUT2D eigenvalue weighted by atomic mass is 9.62. The molecule has 1 aliphatic heterocycles. The van der Waals surface area contributed by atoms with E-state index in [0.29, 0.717) is 10.0 Å². The highest BCUT2D eigenvalue weighted by Crippen LogP contribution is 2.54. The molecular weight excluding hydrogens is 389 g/mol. The summed E-state index contributed by atoms with van der Waals surface area (Å²) in [5.74, 6) is 0.945. The van der Waals surface area contributed by atoms with E-state index in [-0.39, 0.29) is 35.6 Å². The van der Waals surface area contributed by atoms with Crippen LogP contribution in [0.3, 0.4) is 0 Å². The van der Waals surface area contributed by atoms with Crippen LogP contribution in [0.15, 0.2) is 42.5 Å². The first-order valence-corrected chi connectivity index (χ1v) is 10.1. The standard InChI is InChI=1S/C21H20Cl3NO/c1-11-19-17(21(26)25-11)9-8-16(15-7-6-14(23)10-18(15)24)20(19)12-2-4-13(22)5-3-12/h2-7,10-11,16-17,19-20H,8-9H2,1H3,(H,25,26). The molecule has 4 rings (SSSR count). The Morgan fingerprint density at radius 1 is 0.923 bits per heavy atom. The van der Waals surface area contributed by atoms with Crippen LogP contribution in [0.4, 0.5) is 0 Å². The Labute approximate surface area is 168 Å². The quantitative estimate of drug-likeness (QED) is 0.643. The summed E-state index contributed by atoms with van der Waals surface area (Å²) in [5.41, 5.74) is 2.32. The normalized spacial score (nSPS) is 30.8. The van der Waals surface area contributed by atoms with Gasteiger partial charge in [0.25, 0.3) is 0 Å². The maximum Gasteiger partial charge on any atom is 0.223 e. The van der Waals surface area contributed by atoms with Gasteiger partial charge in [-0.3, -0.25) is 4.79 Å². The van der Waals surface area contributed by atoms with Crippen LogP contribution in [0, 0.1) is 11.8 Å². The predicted molar refractivity (Wildman–Crippen MR) is 107 cm³/mol. The summed E-state index contributed by atoms with van der Waals surface area (Å²) >= 11 is 18.8. The van der Waals surface area contributed by atoms with Crippen LogP contribution < -0.4 is 5.32 Å². The summed E-state index contributed by atoms with van der Waals surface area (Å²) < 4.78 is 0. The Hall–Kier alpha value is -1.22. The number of halogens is 3. The molecule has 0 bridgehead atoms. The average Bonchev–Trinajstić information content (AvgIpc) is 2.90. The molecule has 26 heavy (non-hydrogen) atoms. The molecule has 0 radical (unpaired) electrons. The van der Waals surface area contributed by atoms with Gasteiger partial charge >= 0.3 is 0 Å². The van der Waals surface area contributed by atoms with Crippen LogP contribution in [0.1, 0.15) is 42.7 Å². The van der Waals surface area contributed by atoms with Crippen molar-refractivity contribution in [2.75, 3.05) is 0 Å². The van der Waals surface area contributed by atoms with Crippen LogP contribution in [-0.2, 0) is 4.79 Å². The second-order valence-electron chi connectivity index (χ2n) is 7.41. The number of rotatable bonds is 2. The van der Waals surface area contributed by atoms with Gasteiger partial charge in [0, 0.05) is 27.0 Å². The molecule has 136 valence electrons. The van der Waals surface area contributed by atoms with Crippen molar-refractivity contribution in [2.45, 2.75) is 37.6 Å². The number of hydrogen-bond donors (Lipinski definition) is 1. The number of fused-ring (bicyclic) bond motifs is 1. The van der Waals surface area contributed by atoms with Gasteiger partial charge in [-0.15, -0.1) is 0 Å². The molecule has 2 fully saturated rings. The summed E-state index contributed by atoms with van der Waals surface area (Å²) in [6.45, 7) is 2.11. The van der Waals surface area contributed by atoms with E-state index in [1.165, 1.54) is 5.56 Å². The van der Waals surface area contributed by atoms with E-state index in [1.54, 1.807) is 0 Å². The topological polar surface area (TPSA) is 29.1 Å². The lowest BCUT2D eigenvalue weighted by molar-refractivity contribution is -0.123. The molecule has 2 aromatic carbocycles. The molecule has 0 spiro atoms. The summed E-state index contributed by atoms with van der Waals surface area (Å²) in [4.78, 5) is 12.4. The van der Waals surface area contributed by atoms with Gasteiger partial charge in [0.1, 0.15) is 0 Å². The van der Waals surface area contributed by atoms with E-state index in [2.05, 4.69) is 24.4 Å². The molecule has 2 aliphatic rings. The van der Waals surface area contributed by atoms with Crippen molar-refractivity contribution in [3.05, 3.63) is 68.7 Å². The van der Waals surface area contributed by atoms with Gasteiger partial charge < -0.3 is 5.32 Å². The smallest absolute Gasteiger partial charge is 0.223 e. The Morgan fingerprint density at radius 2 is 1.58 bits per heavy atom. The Balaban J connectivity index is 1.81. The van der Waals surface area contributed by atoms with Gasteiger partial charge in [0.05, 0.1) is 0 Å². The SMILES string of the molecule is CC1NC(=O)C2CCC(c3ccc(Cl)cc3Cl)C(c3ccc(Cl)cc3)C12. The molecule has 1 saturated carbocycles. The Kier molecular flexibility index (Phi) is 4.94. The van der Waals surface area contributed by atoms with Crippen LogP contribution in [0.25, 0.3) is 0 Å². The van der Waals surface area contributed by atoms with E-state index >= 15 is 0 Å². The third kappa shape index (κ3) is 3.13. The first-order chi connectivity index (χ1) is 12.5. The molecule has 1 N–H and O–H groups in total. The first-order valence-electron chi connectivity index (χ1n) is 8.96. The van der Waals surface area contributed by atoms with Crippen molar-refractivity contribution in [2.24, 2.45) is 11.8 Å². The molecule has 2 nitrogen and oxygen atoms in total. The van der Waals surface area contributed by atoms with E-state index < -0.39 is 0 Å². The molecular formula is C21H20Cl3NO. The van der Waals surface area contributed by atoms with Gasteiger partial charge in [-0.05, 0) is 72.9 Å². The number of amides is 1. The van der Waals surface area contributed by atoms with Gasteiger partial charge in [0.2, 0.25) is 5.91 Å². The molecule has 2 aromatic rings. The average molecular weight is 409 g/mol. The van der Waals surface area contributed by atoms with Crippen LogP contribution in [0.5, 0.6) is 0 Å². The molecule has 1 amide bonds. The summed E-state index contributed by atoms with van der Waals surface area (Å²) in [7, 11) is 0. The number of benzene rings is 2. The fourth-order valence-corrected chi connectivity index (χ4v) is 5.61. The van der Waals surface area contributed by atoms with E-state index in [1.807, 2.05) is 30.3 Å². The minimum absolute atomic E-state index is 0.0630. The highest BCUT2D eigenvalue weighted by molar-refractivity contribution is 6.35. The first kappa shape index (κ1) is 18.2. The summed E-state index contributed by atoms with van der Waals surface area (Å²) in [5, 5.41) is 5.20. The van der Waals surface area contributed by atoms with Crippen LogP contribution in [-0.4, -0.2) is 11.9 Å². The van der Waals surface area contributed by atoms with Crippen molar-refractivity contribution in [1.29, 1.82) is 0 Å². The van der Waals surface area contributed by atoms with Crippen molar-refractivity contribution < 1.29 is 4.79 Å². The third-order valence-corrected chi connectivity index (χ3v) is 6.82. The fourth-order valence-electron chi connectivity index (χ4n) is 4.93. The lowest BCUT2D eigenvalue weighted by Crippen LogP contribution is -2.35. The number of carbonyl (C=O) groups excluding carboxylic acids is 1. The molecule has 0 aromatic heterocycles. The Bertz CT molecular complexity index is 836. The maximum atomic E-state index is 12.4. The minimum atomic E-state index is 0.0630. The second kappa shape index (κ2) is 7.07. The number of carbonyl (C=O) groups is 1. The zero-order valence-electron chi connectivity index (χ0n) is 14.4. The third-order valence-electron chi connectivity index (χ3n) is 6.00. The van der Waals surface area contributed by atoms with Gasteiger partial charge in [-0.2, -0.15) is 0 Å². The van der Waals surface area contributed by atoms with Gasteiger partial charge in [0.15, 0.2) is 0 Å². The molecule has 5 unspecified atom stereocenters. The van der Waals surface area contributed by atoms with Gasteiger partial charge in [-0.25, -0.2) is 0 Å². The van der Waals surface area contributed by atoms with Crippen molar-refractivity contribution >= 4 is 40.7 Å². The number of hydrogen-bond acceptors (Lipinski definition) is 1. The van der Waals surface area contributed by atoms with Crippen LogP contribution in [0.2, 0.25) is 15.1 Å². The van der Waals surface area contributed by atoms with Gasteiger partial charge in [-0.1, -0.05) is 53.0 Å². The fraction of sp³-hybridized carbons (Fsp3) is 0.381. The molecule has 5 atom stereocenters. The zero-order valence-corrected chi connectivity index (χ0v) is 16.7. The van der Waals surface area contributed by atoms with Crippen LogP contribution >= 0.6 is 34.8 Å². The summed E-state index contributed by atoms with van der Waals surface area (Å²) in [6, 6.07) is 13.9. The lowest BCUT2D eigenvalue weighted by Gasteiger charge is -2.41. The summed E-state index contributed by atoms with van der Waals surface area (Å²) in [6.07, 6.45) is 1.81. The van der Waals surface area contributed by atoms with Crippen molar-refractivity contribution in [1.82, 2.24) is 5.32 Å². The molecule has 1 saturated heterocycles. The van der Waals surface area contributed by atoms with E-state index in [9.17, 15) is 4.79 Å². The largest absolute Gasteiger partial charge is 0.353 e. The van der Waals surface area contributed by atoms with Crippen molar-refractivity contribution in [3.8, 4) is 0 Å². The van der Waals surface area contributed by atoms with E-state index in [4.69, 9.17) is 34.8 Å². The second-order valence-corrected chi connectivity index (χ2v) is 8.69. The highest BCUT2D eigenvalue weighted by atomic mass is 35.5. The molecule has 1 aliphatic carbocycles. The number of nitrogens with one attached hydrogen (secondary N) is 1. The monoisotopic (exact) mass is 407 g/mol. The maximum absolute atomic E-state index is 12.4.